The summed E-state index contributed by atoms with van der Waals surface area (Å²) in [6, 6.07) is 35.6. The van der Waals surface area contributed by atoms with E-state index >= 15 is 0 Å². The highest BCUT2D eigenvalue weighted by Crippen LogP contribution is 2.20. The Morgan fingerprint density at radius 2 is 0.900 bits per heavy atom. The fraction of sp³-hybridized carbons (Fsp3) is 0.118. The quantitative estimate of drug-likeness (QED) is 0.188. The normalized spacial score (nSPS) is 11.9. The Labute approximate surface area is 233 Å². The van der Waals surface area contributed by atoms with Crippen molar-refractivity contribution in [3.8, 4) is 0 Å². The summed E-state index contributed by atoms with van der Waals surface area (Å²) in [5.41, 5.74) is 10.4. The molecule has 0 aliphatic carbocycles. The SMILES string of the molecule is C/C(=N/NC(=O)Cc1cccc2ccccc12)c1ccc(/C(C)=N\NC(=O)Cc2cccc3ccccc23)cc1. The molecule has 0 atom stereocenters. The number of carbonyl (C=O) groups excluding carboxylic acids is 2. The molecule has 5 rings (SSSR count). The number of nitrogens with one attached hydrogen (secondary N) is 2. The Kier molecular flexibility index (Phi) is 8.07. The second-order valence-corrected chi connectivity index (χ2v) is 9.67. The van der Waals surface area contributed by atoms with Crippen molar-refractivity contribution in [2.75, 3.05) is 0 Å². The van der Waals surface area contributed by atoms with Gasteiger partial charge >= 0.3 is 0 Å². The zero-order valence-electron chi connectivity index (χ0n) is 22.5. The topological polar surface area (TPSA) is 82.9 Å². The summed E-state index contributed by atoms with van der Waals surface area (Å²) in [7, 11) is 0. The fourth-order valence-electron chi connectivity index (χ4n) is 4.69. The third-order valence-corrected chi connectivity index (χ3v) is 6.88. The van der Waals surface area contributed by atoms with E-state index in [9.17, 15) is 9.59 Å². The van der Waals surface area contributed by atoms with Crippen LogP contribution in [0, 0.1) is 0 Å². The molecule has 0 radical (unpaired) electrons. The minimum atomic E-state index is -0.172. The van der Waals surface area contributed by atoms with Crippen LogP contribution in [0.3, 0.4) is 0 Å². The number of carbonyl (C=O) groups is 2. The Morgan fingerprint density at radius 1 is 0.525 bits per heavy atom. The van der Waals surface area contributed by atoms with Gasteiger partial charge in [0.25, 0.3) is 0 Å². The summed E-state index contributed by atoms with van der Waals surface area (Å²) in [6.45, 7) is 3.70. The highest BCUT2D eigenvalue weighted by molar-refractivity contribution is 6.03. The predicted octanol–water partition coefficient (Wildman–Crippen LogP) is 6.16. The lowest BCUT2D eigenvalue weighted by Gasteiger charge is -2.08. The van der Waals surface area contributed by atoms with E-state index in [1.807, 2.05) is 123 Å². The molecule has 0 bridgehead atoms. The van der Waals surface area contributed by atoms with Crippen molar-refractivity contribution in [2.45, 2.75) is 26.7 Å². The number of fused-ring (bicyclic) bond motifs is 2. The molecule has 0 aromatic heterocycles. The van der Waals surface area contributed by atoms with Gasteiger partial charge in [-0.15, -0.1) is 0 Å². The van der Waals surface area contributed by atoms with Gasteiger partial charge in [0.1, 0.15) is 0 Å². The molecule has 198 valence electrons. The molecule has 0 saturated carbocycles. The Morgan fingerprint density at radius 3 is 1.32 bits per heavy atom. The van der Waals surface area contributed by atoms with E-state index in [4.69, 9.17) is 0 Å². The van der Waals surface area contributed by atoms with E-state index in [0.717, 1.165) is 43.8 Å². The molecular weight excluding hydrogens is 496 g/mol. The van der Waals surface area contributed by atoms with Crippen LogP contribution < -0.4 is 10.9 Å². The molecular formula is C34H30N4O2. The smallest absolute Gasteiger partial charge is 0.244 e. The maximum absolute atomic E-state index is 12.6. The molecule has 2 N–H and O–H groups in total. The zero-order chi connectivity index (χ0) is 27.9. The first kappa shape index (κ1) is 26.5. The zero-order valence-corrected chi connectivity index (χ0v) is 22.5. The van der Waals surface area contributed by atoms with E-state index in [1.54, 1.807) is 0 Å². The standard InChI is InChI=1S/C34H30N4O2/c1-23(35-37-33(39)21-29-13-7-11-27-9-3-5-15-31(27)29)25-17-19-26(20-18-25)24(2)36-38-34(40)22-30-14-8-12-28-10-4-6-16-32(28)30/h3-20H,21-22H2,1-2H3,(H,37,39)(H,38,40)/b35-23-,36-24-. The first-order valence-electron chi connectivity index (χ1n) is 13.2. The molecule has 5 aromatic carbocycles. The molecule has 0 aliphatic heterocycles. The lowest BCUT2D eigenvalue weighted by Crippen LogP contribution is -2.21. The van der Waals surface area contributed by atoms with E-state index < -0.39 is 0 Å². The molecule has 0 spiro atoms. The van der Waals surface area contributed by atoms with Crippen LogP contribution in [-0.4, -0.2) is 23.2 Å². The van der Waals surface area contributed by atoms with Crippen molar-refractivity contribution in [2.24, 2.45) is 10.2 Å². The van der Waals surface area contributed by atoms with Crippen molar-refractivity contribution < 1.29 is 9.59 Å². The van der Waals surface area contributed by atoms with Crippen molar-refractivity contribution in [3.05, 3.63) is 131 Å². The van der Waals surface area contributed by atoms with Crippen LogP contribution in [0.25, 0.3) is 21.5 Å². The molecule has 6 nitrogen and oxygen atoms in total. The molecule has 5 aromatic rings. The second-order valence-electron chi connectivity index (χ2n) is 9.67. The van der Waals surface area contributed by atoms with Crippen LogP contribution in [0.4, 0.5) is 0 Å². The van der Waals surface area contributed by atoms with Crippen LogP contribution in [-0.2, 0) is 22.4 Å². The molecule has 0 aliphatic rings. The Balaban J connectivity index is 1.17. The summed E-state index contributed by atoms with van der Waals surface area (Å²) in [5, 5.41) is 12.9. The van der Waals surface area contributed by atoms with Gasteiger partial charge in [-0.25, -0.2) is 10.9 Å². The first-order chi connectivity index (χ1) is 19.5. The Hall–Kier alpha value is -5.10. The van der Waals surface area contributed by atoms with Gasteiger partial charge in [-0.1, -0.05) is 109 Å². The van der Waals surface area contributed by atoms with Crippen LogP contribution in [0.15, 0.2) is 119 Å². The largest absolute Gasteiger partial charge is 0.273 e. The predicted molar refractivity (Wildman–Crippen MR) is 162 cm³/mol. The van der Waals surface area contributed by atoms with Gasteiger partial charge in [0.15, 0.2) is 0 Å². The summed E-state index contributed by atoms with van der Waals surface area (Å²) < 4.78 is 0. The number of rotatable bonds is 8. The van der Waals surface area contributed by atoms with Gasteiger partial charge in [0.05, 0.1) is 24.3 Å². The van der Waals surface area contributed by atoms with Crippen LogP contribution in [0.5, 0.6) is 0 Å². The maximum Gasteiger partial charge on any atom is 0.244 e. The molecule has 40 heavy (non-hydrogen) atoms. The van der Waals surface area contributed by atoms with Crippen LogP contribution >= 0.6 is 0 Å². The summed E-state index contributed by atoms with van der Waals surface area (Å²) in [5.74, 6) is -0.343. The number of hydrogen-bond donors (Lipinski definition) is 2. The van der Waals surface area contributed by atoms with Crippen molar-refractivity contribution in [3.63, 3.8) is 0 Å². The van der Waals surface area contributed by atoms with Gasteiger partial charge in [0.2, 0.25) is 11.8 Å². The maximum atomic E-state index is 12.6. The minimum absolute atomic E-state index is 0.172. The third kappa shape index (κ3) is 6.30. The fourth-order valence-corrected chi connectivity index (χ4v) is 4.69. The number of hydrazone groups is 2. The summed E-state index contributed by atoms with van der Waals surface area (Å²) in [6.07, 6.45) is 0.498. The first-order valence-corrected chi connectivity index (χ1v) is 13.2. The Bertz CT molecular complexity index is 1610. The molecule has 6 heteroatoms. The van der Waals surface area contributed by atoms with E-state index in [1.165, 1.54) is 0 Å². The summed E-state index contributed by atoms with van der Waals surface area (Å²) >= 11 is 0. The molecule has 0 unspecified atom stereocenters. The van der Waals surface area contributed by atoms with E-state index in [-0.39, 0.29) is 24.7 Å². The van der Waals surface area contributed by atoms with Gasteiger partial charge in [-0.05, 0) is 57.6 Å². The lowest BCUT2D eigenvalue weighted by atomic mass is 10.0. The molecule has 0 saturated heterocycles. The van der Waals surface area contributed by atoms with E-state index in [2.05, 4.69) is 21.1 Å². The average molecular weight is 527 g/mol. The molecule has 0 heterocycles. The van der Waals surface area contributed by atoms with Gasteiger partial charge < -0.3 is 0 Å². The third-order valence-electron chi connectivity index (χ3n) is 6.88. The number of amides is 2. The van der Waals surface area contributed by atoms with Crippen molar-refractivity contribution in [1.82, 2.24) is 10.9 Å². The average Bonchev–Trinajstić information content (AvgIpc) is 2.99. The number of hydrogen-bond acceptors (Lipinski definition) is 4. The monoisotopic (exact) mass is 526 g/mol. The van der Waals surface area contributed by atoms with Gasteiger partial charge in [0, 0.05) is 0 Å². The van der Waals surface area contributed by atoms with Crippen LogP contribution in [0.1, 0.15) is 36.1 Å². The highest BCUT2D eigenvalue weighted by atomic mass is 16.2. The van der Waals surface area contributed by atoms with E-state index in [0.29, 0.717) is 11.4 Å². The number of nitrogens with zero attached hydrogens (tertiary/aromatic N) is 2. The second kappa shape index (κ2) is 12.2. The van der Waals surface area contributed by atoms with Crippen molar-refractivity contribution in [1.29, 1.82) is 0 Å². The molecule has 0 fully saturated rings. The lowest BCUT2D eigenvalue weighted by molar-refractivity contribution is -0.121. The molecule has 2 amide bonds. The summed E-state index contributed by atoms with van der Waals surface area (Å²) in [4.78, 5) is 25.1. The number of benzene rings is 5. The van der Waals surface area contributed by atoms with Gasteiger partial charge in [-0.3, -0.25) is 9.59 Å². The highest BCUT2D eigenvalue weighted by Gasteiger charge is 2.09. The minimum Gasteiger partial charge on any atom is -0.273 e. The van der Waals surface area contributed by atoms with Gasteiger partial charge in [-0.2, -0.15) is 10.2 Å². The van der Waals surface area contributed by atoms with Crippen molar-refractivity contribution >= 4 is 44.8 Å². The van der Waals surface area contributed by atoms with Crippen LogP contribution in [0.2, 0.25) is 0 Å².